The van der Waals surface area contributed by atoms with E-state index in [1.54, 1.807) is 13.4 Å². The molecular weight excluding hydrogens is 180 g/mol. The van der Waals surface area contributed by atoms with Gasteiger partial charge in [0, 0.05) is 10.6 Å². The number of methoxy groups -OCH3 is 1. The number of ether oxygens (including phenoxy) is 1. The van der Waals surface area contributed by atoms with Gasteiger partial charge in [0.15, 0.2) is 0 Å². The molecule has 13 heavy (non-hydrogen) atoms. The van der Waals surface area contributed by atoms with E-state index in [0.29, 0.717) is 0 Å². The molecule has 0 aliphatic heterocycles. The molecule has 1 aromatic carbocycles. The van der Waals surface area contributed by atoms with Crippen molar-refractivity contribution in [2.45, 2.75) is 11.8 Å². The quantitative estimate of drug-likeness (QED) is 0.537. The Labute approximate surface area is 83.8 Å². The highest BCUT2D eigenvalue weighted by Crippen LogP contribution is 2.19. The van der Waals surface area contributed by atoms with Gasteiger partial charge in [-0.1, -0.05) is 18.2 Å². The van der Waals surface area contributed by atoms with Crippen LogP contribution in [0.4, 0.5) is 0 Å². The second-order valence-electron chi connectivity index (χ2n) is 2.80. The molecule has 0 saturated carbocycles. The van der Waals surface area contributed by atoms with Gasteiger partial charge in [-0.15, -0.1) is 11.8 Å². The van der Waals surface area contributed by atoms with Gasteiger partial charge in [-0.3, -0.25) is 0 Å². The Balaban J connectivity index is 2.39. The van der Waals surface area contributed by atoms with E-state index in [1.165, 1.54) is 10.5 Å². The van der Waals surface area contributed by atoms with E-state index in [9.17, 15) is 0 Å². The zero-order valence-corrected chi connectivity index (χ0v) is 8.80. The molecule has 0 heterocycles. The zero-order chi connectivity index (χ0) is 9.52. The molecule has 0 saturated heterocycles. The highest BCUT2D eigenvalue weighted by Gasteiger charge is 1.93. The summed E-state index contributed by atoms with van der Waals surface area (Å²) >= 11 is 1.82. The minimum atomic E-state index is 0.984. The molecule has 1 aromatic rings. The highest BCUT2D eigenvalue weighted by atomic mass is 32.2. The Morgan fingerprint density at radius 2 is 2.08 bits per heavy atom. The van der Waals surface area contributed by atoms with Crippen molar-refractivity contribution in [1.29, 1.82) is 0 Å². The highest BCUT2D eigenvalue weighted by molar-refractivity contribution is 7.99. The van der Waals surface area contributed by atoms with Crippen LogP contribution < -0.4 is 0 Å². The van der Waals surface area contributed by atoms with Gasteiger partial charge in [0.25, 0.3) is 0 Å². The fourth-order valence-corrected chi connectivity index (χ4v) is 1.76. The van der Waals surface area contributed by atoms with Gasteiger partial charge >= 0.3 is 0 Å². The summed E-state index contributed by atoms with van der Waals surface area (Å²) in [5.41, 5.74) is 1.25. The third-order valence-corrected chi connectivity index (χ3v) is 2.73. The summed E-state index contributed by atoms with van der Waals surface area (Å²) in [6.07, 6.45) is 1.79. The molecule has 0 aromatic heterocycles. The van der Waals surface area contributed by atoms with E-state index in [1.807, 2.05) is 17.8 Å². The van der Waals surface area contributed by atoms with Crippen molar-refractivity contribution < 1.29 is 4.74 Å². The fourth-order valence-electron chi connectivity index (χ4n) is 0.949. The molecule has 1 rings (SSSR count). The van der Waals surface area contributed by atoms with Crippen molar-refractivity contribution >= 4 is 11.8 Å². The average Bonchev–Trinajstić information content (AvgIpc) is 2.17. The first-order valence-electron chi connectivity index (χ1n) is 4.19. The molecule has 0 unspecified atom stereocenters. The van der Waals surface area contributed by atoms with E-state index in [4.69, 9.17) is 4.74 Å². The zero-order valence-electron chi connectivity index (χ0n) is 7.99. The van der Waals surface area contributed by atoms with E-state index >= 15 is 0 Å². The molecule has 0 atom stereocenters. The molecule has 0 amide bonds. The summed E-state index contributed by atoms with van der Waals surface area (Å²) in [6.45, 7) is 2.07. The van der Waals surface area contributed by atoms with Crippen LogP contribution in [0.1, 0.15) is 6.92 Å². The second-order valence-corrected chi connectivity index (χ2v) is 3.85. The summed E-state index contributed by atoms with van der Waals surface area (Å²) in [4.78, 5) is 1.30. The summed E-state index contributed by atoms with van der Waals surface area (Å²) in [7, 11) is 1.68. The van der Waals surface area contributed by atoms with Crippen LogP contribution in [-0.4, -0.2) is 12.9 Å². The van der Waals surface area contributed by atoms with Crippen molar-refractivity contribution in [3.63, 3.8) is 0 Å². The summed E-state index contributed by atoms with van der Waals surface area (Å²) < 4.78 is 4.92. The van der Waals surface area contributed by atoms with Crippen LogP contribution in [0, 0.1) is 0 Å². The van der Waals surface area contributed by atoms with Crippen LogP contribution in [0.25, 0.3) is 0 Å². The predicted octanol–water partition coefficient (Wildman–Crippen LogP) is 3.33. The van der Waals surface area contributed by atoms with Crippen LogP contribution in [0.3, 0.4) is 0 Å². The topological polar surface area (TPSA) is 9.23 Å². The van der Waals surface area contributed by atoms with Crippen molar-refractivity contribution in [3.8, 4) is 0 Å². The minimum absolute atomic E-state index is 0.984. The number of thioether (sulfide) groups is 1. The molecule has 0 aliphatic rings. The molecule has 0 aliphatic carbocycles. The molecule has 1 nitrogen and oxygen atoms in total. The maximum Gasteiger partial charge on any atom is 0.0822 e. The van der Waals surface area contributed by atoms with E-state index < -0.39 is 0 Å². The molecule has 0 bridgehead atoms. The second kappa shape index (κ2) is 5.70. The van der Waals surface area contributed by atoms with E-state index in [-0.39, 0.29) is 0 Å². The Hall–Kier alpha value is -0.890. The van der Waals surface area contributed by atoms with Crippen LogP contribution in [0.15, 0.2) is 47.1 Å². The standard InChI is InChI=1S/C11H14OS/c1-10(8-12-2)9-13-11-6-4-3-5-7-11/h3-8H,9H2,1-2H3. The number of hydrogen-bond donors (Lipinski definition) is 0. The lowest BCUT2D eigenvalue weighted by Gasteiger charge is -2.00. The number of rotatable bonds is 4. The van der Waals surface area contributed by atoms with Crippen molar-refractivity contribution in [3.05, 3.63) is 42.2 Å². The lowest BCUT2D eigenvalue weighted by molar-refractivity contribution is 0.334. The first-order valence-corrected chi connectivity index (χ1v) is 5.18. The van der Waals surface area contributed by atoms with Crippen LogP contribution in [-0.2, 0) is 4.74 Å². The number of benzene rings is 1. The van der Waals surface area contributed by atoms with E-state index in [0.717, 1.165) is 5.75 Å². The molecule has 2 heteroatoms. The lowest BCUT2D eigenvalue weighted by atomic mass is 10.4. The van der Waals surface area contributed by atoms with Gasteiger partial charge in [0.2, 0.25) is 0 Å². The van der Waals surface area contributed by atoms with Gasteiger partial charge in [0.1, 0.15) is 0 Å². The van der Waals surface area contributed by atoms with Crippen molar-refractivity contribution in [2.75, 3.05) is 12.9 Å². The normalized spacial score (nSPS) is 11.4. The fraction of sp³-hybridized carbons (Fsp3) is 0.273. The molecule has 0 fully saturated rings. The molecular formula is C11H14OS. The van der Waals surface area contributed by atoms with Gasteiger partial charge in [-0.2, -0.15) is 0 Å². The Bertz CT molecular complexity index is 267. The van der Waals surface area contributed by atoms with Crippen LogP contribution in [0.5, 0.6) is 0 Å². The predicted molar refractivity (Wildman–Crippen MR) is 57.9 cm³/mol. The third-order valence-electron chi connectivity index (χ3n) is 1.53. The molecule has 70 valence electrons. The lowest BCUT2D eigenvalue weighted by Crippen LogP contribution is -1.82. The Morgan fingerprint density at radius 1 is 1.38 bits per heavy atom. The van der Waals surface area contributed by atoms with Crippen molar-refractivity contribution in [2.24, 2.45) is 0 Å². The molecule has 0 radical (unpaired) electrons. The van der Waals surface area contributed by atoms with Crippen LogP contribution in [0.2, 0.25) is 0 Å². The summed E-state index contributed by atoms with van der Waals surface area (Å²) in [5.74, 6) is 0.984. The average molecular weight is 194 g/mol. The number of hydrogen-bond acceptors (Lipinski definition) is 2. The van der Waals surface area contributed by atoms with Gasteiger partial charge in [-0.25, -0.2) is 0 Å². The first kappa shape index (κ1) is 10.2. The largest absolute Gasteiger partial charge is 0.504 e. The third kappa shape index (κ3) is 4.04. The minimum Gasteiger partial charge on any atom is -0.504 e. The van der Waals surface area contributed by atoms with Gasteiger partial charge in [0.05, 0.1) is 13.4 Å². The SMILES string of the molecule is COC=C(C)CSc1ccccc1. The van der Waals surface area contributed by atoms with Gasteiger partial charge < -0.3 is 4.74 Å². The maximum absolute atomic E-state index is 4.92. The monoisotopic (exact) mass is 194 g/mol. The first-order chi connectivity index (χ1) is 6.33. The smallest absolute Gasteiger partial charge is 0.0822 e. The molecule has 0 spiro atoms. The molecule has 0 N–H and O–H groups in total. The summed E-state index contributed by atoms with van der Waals surface area (Å²) in [5, 5.41) is 0. The van der Waals surface area contributed by atoms with Gasteiger partial charge in [-0.05, 0) is 24.6 Å². The van der Waals surface area contributed by atoms with Crippen LogP contribution >= 0.6 is 11.8 Å². The summed E-state index contributed by atoms with van der Waals surface area (Å²) in [6, 6.07) is 10.4. The van der Waals surface area contributed by atoms with Crippen molar-refractivity contribution in [1.82, 2.24) is 0 Å². The van der Waals surface area contributed by atoms with E-state index in [2.05, 4.69) is 31.2 Å². The maximum atomic E-state index is 4.92. The Kier molecular flexibility index (Phi) is 4.47. The Morgan fingerprint density at radius 3 is 2.69 bits per heavy atom.